The van der Waals surface area contributed by atoms with Crippen LogP contribution < -0.4 is 9.80 Å². The Morgan fingerprint density at radius 1 is 1.18 bits per heavy atom. The van der Waals surface area contributed by atoms with E-state index in [1.54, 1.807) is 41.8 Å². The fourth-order valence-electron chi connectivity index (χ4n) is 4.16. The van der Waals surface area contributed by atoms with Gasteiger partial charge in [0.1, 0.15) is 42.0 Å². The minimum absolute atomic E-state index is 0.0299. The molecule has 10 nitrogen and oxygen atoms in total. The van der Waals surface area contributed by atoms with Gasteiger partial charge in [-0.1, -0.05) is 0 Å². The molecule has 0 radical (unpaired) electrons. The van der Waals surface area contributed by atoms with Gasteiger partial charge in [0, 0.05) is 30.3 Å². The number of hydrogen-bond acceptors (Lipinski definition) is 9. The Hall–Kier alpha value is -4.02. The first-order valence-corrected chi connectivity index (χ1v) is 12.5. The molecule has 4 rings (SSSR count). The minimum atomic E-state index is -0.551. The third-order valence-corrected chi connectivity index (χ3v) is 5.99. The largest absolute Gasteiger partial charge is 0.459 e. The van der Waals surface area contributed by atoms with Gasteiger partial charge in [-0.05, 0) is 64.4 Å². The molecule has 0 saturated carbocycles. The van der Waals surface area contributed by atoms with E-state index in [9.17, 15) is 14.4 Å². The number of amides is 1. The molecule has 2 aliphatic heterocycles. The van der Waals surface area contributed by atoms with Crippen LogP contribution in [0.25, 0.3) is 11.1 Å². The van der Waals surface area contributed by atoms with E-state index in [-0.39, 0.29) is 24.8 Å². The van der Waals surface area contributed by atoms with Gasteiger partial charge in [0.2, 0.25) is 0 Å². The summed E-state index contributed by atoms with van der Waals surface area (Å²) >= 11 is 0. The predicted octanol–water partition coefficient (Wildman–Crippen LogP) is 3.99. The fraction of sp³-hybridized carbons (Fsp3) is 0.444. The third kappa shape index (κ3) is 6.84. The molecule has 1 atom stereocenters. The first-order valence-electron chi connectivity index (χ1n) is 12.5. The summed E-state index contributed by atoms with van der Waals surface area (Å²) in [6.07, 6.45) is 3.01. The molecular formula is C27H32FN5O5. The second-order valence-electron chi connectivity index (χ2n) is 10.3. The van der Waals surface area contributed by atoms with Gasteiger partial charge in [-0.2, -0.15) is 5.10 Å². The van der Waals surface area contributed by atoms with Crippen LogP contribution in [0.2, 0.25) is 0 Å². The third-order valence-electron chi connectivity index (χ3n) is 5.99. The Kier molecular flexibility index (Phi) is 7.94. The van der Waals surface area contributed by atoms with Crippen molar-refractivity contribution in [2.45, 2.75) is 52.2 Å². The number of esters is 1. The van der Waals surface area contributed by atoms with Crippen LogP contribution in [0.4, 0.5) is 20.7 Å². The summed E-state index contributed by atoms with van der Waals surface area (Å²) in [5.74, 6) is -0.160. The zero-order valence-corrected chi connectivity index (χ0v) is 22.0. The smallest absolute Gasteiger partial charge is 0.414 e. The van der Waals surface area contributed by atoms with E-state index < -0.39 is 23.6 Å². The van der Waals surface area contributed by atoms with Crippen LogP contribution in [0.15, 0.2) is 41.6 Å². The Bertz CT molecular complexity index is 1230. The highest BCUT2D eigenvalue weighted by atomic mass is 19.1. The van der Waals surface area contributed by atoms with Gasteiger partial charge in [0.05, 0.1) is 18.8 Å². The van der Waals surface area contributed by atoms with E-state index >= 15 is 4.39 Å². The molecule has 1 saturated heterocycles. The lowest BCUT2D eigenvalue weighted by molar-refractivity contribution is -0.156. The number of rotatable bonds is 8. The van der Waals surface area contributed by atoms with E-state index in [2.05, 4.69) is 10.1 Å². The van der Waals surface area contributed by atoms with E-state index in [4.69, 9.17) is 9.47 Å². The summed E-state index contributed by atoms with van der Waals surface area (Å²) in [6.45, 7) is 8.38. The first-order chi connectivity index (χ1) is 18.0. The van der Waals surface area contributed by atoms with E-state index in [1.165, 1.54) is 17.9 Å². The molecule has 0 bridgehead atoms. The van der Waals surface area contributed by atoms with Crippen LogP contribution in [-0.2, 0) is 19.1 Å². The molecular weight excluding hydrogens is 493 g/mol. The summed E-state index contributed by atoms with van der Waals surface area (Å²) in [5, 5.41) is 5.94. The van der Waals surface area contributed by atoms with Crippen molar-refractivity contribution in [3.63, 3.8) is 0 Å². The van der Waals surface area contributed by atoms with E-state index in [1.807, 2.05) is 25.7 Å². The second kappa shape index (κ2) is 11.2. The SMILES string of the molecule is CC(=O)CC[C@H]1CN(c2ccc(-c3ccc(N4C=NN(CC(=O)OC(C)(C)C)CC4)nc3)c(F)c2)C(=O)O1. The van der Waals surface area contributed by atoms with Crippen LogP contribution in [0.1, 0.15) is 40.5 Å². The quantitative estimate of drug-likeness (QED) is 0.477. The maximum absolute atomic E-state index is 15.0. The van der Waals surface area contributed by atoms with Crippen molar-refractivity contribution < 1.29 is 28.2 Å². The van der Waals surface area contributed by atoms with Gasteiger partial charge in [0.15, 0.2) is 0 Å². The summed E-state index contributed by atoms with van der Waals surface area (Å²) < 4.78 is 25.7. The summed E-state index contributed by atoms with van der Waals surface area (Å²) in [5.41, 5.74) is 0.784. The number of nitrogens with zero attached hydrogens (tertiary/aromatic N) is 5. The second-order valence-corrected chi connectivity index (χ2v) is 10.3. The zero-order chi connectivity index (χ0) is 27.4. The van der Waals surface area contributed by atoms with Crippen molar-refractivity contribution in [3.8, 4) is 11.1 Å². The number of pyridine rings is 1. The molecule has 0 spiro atoms. The summed E-state index contributed by atoms with van der Waals surface area (Å²) in [7, 11) is 0. The number of ether oxygens (including phenoxy) is 2. The monoisotopic (exact) mass is 525 g/mol. The summed E-state index contributed by atoms with van der Waals surface area (Å²) in [6, 6.07) is 8.11. The molecule has 1 aromatic heterocycles. The van der Waals surface area contributed by atoms with Gasteiger partial charge in [-0.15, -0.1) is 0 Å². The molecule has 2 aliphatic rings. The number of benzene rings is 1. The number of halogens is 1. The molecule has 11 heteroatoms. The molecule has 3 heterocycles. The molecule has 0 aliphatic carbocycles. The highest BCUT2D eigenvalue weighted by Crippen LogP contribution is 2.30. The standard InChI is InChI=1S/C27H32FN5O5/c1-18(34)5-8-21-15-33(26(36)37-21)20-7-9-22(23(28)13-20)19-6-10-24(29-14-19)31-11-12-32(30-17-31)16-25(35)38-27(2,3)4/h6-7,9-10,13-14,17,21H,5,8,11-12,15-16H2,1-4H3/t21-/m0/s1. The number of Topliss-reactive ketones (excluding diaryl/α,β-unsaturated/α-hetero) is 1. The maximum Gasteiger partial charge on any atom is 0.414 e. The van der Waals surface area contributed by atoms with Crippen LogP contribution in [0.3, 0.4) is 0 Å². The zero-order valence-electron chi connectivity index (χ0n) is 22.0. The number of hydrogen-bond donors (Lipinski definition) is 0. The molecule has 1 amide bonds. The van der Waals surface area contributed by atoms with Crippen molar-refractivity contribution in [2.24, 2.45) is 5.10 Å². The van der Waals surface area contributed by atoms with Gasteiger partial charge in [-0.25, -0.2) is 14.2 Å². The molecule has 0 unspecified atom stereocenters. The molecule has 1 aromatic carbocycles. The average molecular weight is 526 g/mol. The maximum atomic E-state index is 15.0. The molecule has 0 N–H and O–H groups in total. The molecule has 2 aromatic rings. The normalized spacial score (nSPS) is 17.6. The number of hydrazone groups is 1. The Balaban J connectivity index is 1.37. The van der Waals surface area contributed by atoms with Gasteiger partial charge in [0.25, 0.3) is 0 Å². The van der Waals surface area contributed by atoms with Crippen LogP contribution >= 0.6 is 0 Å². The molecule has 38 heavy (non-hydrogen) atoms. The number of carbonyl (C=O) groups excluding carboxylic acids is 3. The molecule has 1 fully saturated rings. The van der Waals surface area contributed by atoms with Gasteiger partial charge in [-0.3, -0.25) is 14.7 Å². The van der Waals surface area contributed by atoms with Crippen molar-refractivity contribution in [3.05, 3.63) is 42.3 Å². The Labute approximate surface area is 221 Å². The van der Waals surface area contributed by atoms with Gasteiger partial charge >= 0.3 is 12.1 Å². The topological polar surface area (TPSA) is 105 Å². The van der Waals surface area contributed by atoms with Crippen LogP contribution in [-0.4, -0.2) is 72.1 Å². The number of anilines is 2. The number of ketones is 1. The van der Waals surface area contributed by atoms with Crippen LogP contribution in [0, 0.1) is 5.82 Å². The number of aromatic nitrogens is 1. The lowest BCUT2D eigenvalue weighted by atomic mass is 10.1. The van der Waals surface area contributed by atoms with Crippen LogP contribution in [0.5, 0.6) is 0 Å². The van der Waals surface area contributed by atoms with Gasteiger partial charge < -0.3 is 19.2 Å². The minimum Gasteiger partial charge on any atom is -0.459 e. The highest BCUT2D eigenvalue weighted by molar-refractivity contribution is 5.90. The lowest BCUT2D eigenvalue weighted by Crippen LogP contribution is -2.41. The number of cyclic esters (lactones) is 1. The molecule has 202 valence electrons. The lowest BCUT2D eigenvalue weighted by Gasteiger charge is -2.29. The van der Waals surface area contributed by atoms with E-state index in [0.717, 1.165) is 0 Å². The number of carbonyl (C=O) groups is 3. The van der Waals surface area contributed by atoms with E-state index in [0.29, 0.717) is 48.6 Å². The van der Waals surface area contributed by atoms with Crippen molar-refractivity contribution in [2.75, 3.05) is 36.0 Å². The summed E-state index contributed by atoms with van der Waals surface area (Å²) in [4.78, 5) is 43.2. The van der Waals surface area contributed by atoms with Crippen molar-refractivity contribution >= 4 is 35.7 Å². The predicted molar refractivity (Wildman–Crippen MR) is 140 cm³/mol. The Morgan fingerprint density at radius 3 is 2.58 bits per heavy atom. The fourth-order valence-corrected chi connectivity index (χ4v) is 4.16. The van der Waals surface area contributed by atoms with Crippen molar-refractivity contribution in [1.82, 2.24) is 9.99 Å². The first kappa shape index (κ1) is 27.0. The Morgan fingerprint density at radius 2 is 1.97 bits per heavy atom. The highest BCUT2D eigenvalue weighted by Gasteiger charge is 2.32. The average Bonchev–Trinajstić information content (AvgIpc) is 3.22. The van der Waals surface area contributed by atoms with Crippen molar-refractivity contribution in [1.29, 1.82) is 0 Å².